The molecule has 1 aromatic rings. The maximum Gasteiger partial charge on any atom is 0.387 e. The lowest BCUT2D eigenvalue weighted by molar-refractivity contribution is -0.0504. The molecule has 1 aromatic carbocycles. The van der Waals surface area contributed by atoms with E-state index >= 15 is 0 Å². The molecule has 0 bridgehead atoms. The van der Waals surface area contributed by atoms with Gasteiger partial charge in [0, 0.05) is 6.07 Å². The highest BCUT2D eigenvalue weighted by Gasteiger charge is 2.20. The highest BCUT2D eigenvalue weighted by atomic mass is 19.3. The molecule has 0 radical (unpaired) electrons. The van der Waals surface area contributed by atoms with Gasteiger partial charge in [0.05, 0.1) is 12.7 Å². The summed E-state index contributed by atoms with van der Waals surface area (Å²) in [5.41, 5.74) is -1.02. The molecule has 0 aliphatic carbocycles. The molecule has 4 nitrogen and oxygen atoms in total. The summed E-state index contributed by atoms with van der Waals surface area (Å²) in [6.07, 6.45) is 0. The molecule has 0 amide bonds. The molecule has 0 unspecified atom stereocenters. The van der Waals surface area contributed by atoms with Crippen molar-refractivity contribution >= 4 is 5.97 Å². The Balaban J connectivity index is 3.31. The second kappa shape index (κ2) is 5.21. The number of hydrogen-bond donors (Lipinski definition) is 0. The predicted octanol–water partition coefficient (Wildman–Crippen LogP) is 2.09. The fraction of sp³-hybridized carbons (Fsp3) is 0.200. The van der Waals surface area contributed by atoms with Crippen LogP contribution in [0.15, 0.2) is 12.1 Å². The lowest BCUT2D eigenvalue weighted by atomic mass is 10.1. The summed E-state index contributed by atoms with van der Waals surface area (Å²) in [6, 6.07) is 2.77. The van der Waals surface area contributed by atoms with Crippen LogP contribution in [-0.2, 0) is 4.74 Å². The van der Waals surface area contributed by atoms with E-state index in [0.29, 0.717) is 12.1 Å². The molecule has 0 atom stereocenters. The Morgan fingerprint density at radius 2 is 2.12 bits per heavy atom. The van der Waals surface area contributed by atoms with Gasteiger partial charge >= 0.3 is 12.6 Å². The van der Waals surface area contributed by atoms with Crippen molar-refractivity contribution in [3.05, 3.63) is 29.1 Å². The van der Waals surface area contributed by atoms with Gasteiger partial charge in [-0.15, -0.1) is 0 Å². The fourth-order valence-electron chi connectivity index (χ4n) is 1.10. The van der Waals surface area contributed by atoms with Crippen LogP contribution in [0.1, 0.15) is 15.9 Å². The fourth-order valence-corrected chi connectivity index (χ4v) is 1.10. The third kappa shape index (κ3) is 2.87. The van der Waals surface area contributed by atoms with Crippen molar-refractivity contribution in [2.45, 2.75) is 6.61 Å². The first-order valence-electron chi connectivity index (χ1n) is 4.26. The van der Waals surface area contributed by atoms with Gasteiger partial charge in [0.25, 0.3) is 0 Å². The van der Waals surface area contributed by atoms with E-state index in [9.17, 15) is 18.0 Å². The molecular formula is C10H6F3NO3. The number of rotatable bonds is 3. The molecule has 0 spiro atoms. The van der Waals surface area contributed by atoms with E-state index in [2.05, 4.69) is 9.47 Å². The molecule has 0 N–H and O–H groups in total. The molecule has 0 saturated heterocycles. The molecule has 0 aromatic heterocycles. The van der Waals surface area contributed by atoms with E-state index in [1.165, 1.54) is 6.07 Å². The van der Waals surface area contributed by atoms with Crippen LogP contribution in [0.4, 0.5) is 13.2 Å². The molecular weight excluding hydrogens is 239 g/mol. The minimum atomic E-state index is -3.20. The molecule has 7 heteroatoms. The van der Waals surface area contributed by atoms with Gasteiger partial charge in [0.2, 0.25) is 0 Å². The number of esters is 1. The minimum Gasteiger partial charge on any atom is -0.465 e. The van der Waals surface area contributed by atoms with Gasteiger partial charge in [0.15, 0.2) is 0 Å². The van der Waals surface area contributed by atoms with Crippen LogP contribution < -0.4 is 4.74 Å². The van der Waals surface area contributed by atoms with Gasteiger partial charge in [-0.25, -0.2) is 9.18 Å². The van der Waals surface area contributed by atoms with E-state index in [4.69, 9.17) is 5.26 Å². The Morgan fingerprint density at radius 1 is 1.47 bits per heavy atom. The van der Waals surface area contributed by atoms with Gasteiger partial charge in [-0.3, -0.25) is 0 Å². The zero-order chi connectivity index (χ0) is 13.0. The zero-order valence-corrected chi connectivity index (χ0v) is 8.54. The number of nitrogens with zero attached hydrogens (tertiary/aromatic N) is 1. The molecule has 1 rings (SSSR count). The van der Waals surface area contributed by atoms with Crippen molar-refractivity contribution in [3.8, 4) is 11.8 Å². The third-order valence-corrected chi connectivity index (χ3v) is 1.81. The van der Waals surface area contributed by atoms with Gasteiger partial charge in [-0.1, -0.05) is 0 Å². The van der Waals surface area contributed by atoms with Crippen molar-refractivity contribution in [1.29, 1.82) is 5.26 Å². The first kappa shape index (κ1) is 12.8. The Morgan fingerprint density at radius 3 is 2.59 bits per heavy atom. The standard InChI is InChI=1S/C10H6F3NO3/c1-16-9(15)6-3-7(11)5(4-14)2-8(6)17-10(12)13/h2-3,10H,1H3. The highest BCUT2D eigenvalue weighted by molar-refractivity contribution is 5.92. The van der Waals surface area contributed by atoms with Crippen molar-refractivity contribution < 1.29 is 27.4 Å². The molecule has 0 aliphatic heterocycles. The summed E-state index contributed by atoms with van der Waals surface area (Å²) in [5.74, 6) is -2.66. The van der Waals surface area contributed by atoms with E-state index in [-0.39, 0.29) is 0 Å². The summed E-state index contributed by atoms with van der Waals surface area (Å²) in [7, 11) is 1.00. The van der Waals surface area contributed by atoms with Crippen molar-refractivity contribution in [2.75, 3.05) is 7.11 Å². The average Bonchev–Trinajstić information content (AvgIpc) is 2.29. The largest absolute Gasteiger partial charge is 0.465 e. The highest BCUT2D eigenvalue weighted by Crippen LogP contribution is 2.25. The quantitative estimate of drug-likeness (QED) is 0.765. The predicted molar refractivity (Wildman–Crippen MR) is 49.1 cm³/mol. The van der Waals surface area contributed by atoms with Crippen LogP contribution in [0.5, 0.6) is 5.75 Å². The minimum absolute atomic E-state index is 0.506. The van der Waals surface area contributed by atoms with Crippen molar-refractivity contribution in [2.24, 2.45) is 0 Å². The number of alkyl halides is 2. The van der Waals surface area contributed by atoms with Crippen LogP contribution in [0.2, 0.25) is 0 Å². The second-order valence-corrected chi connectivity index (χ2v) is 2.81. The molecule has 17 heavy (non-hydrogen) atoms. The topological polar surface area (TPSA) is 59.3 Å². The van der Waals surface area contributed by atoms with E-state index in [0.717, 1.165) is 7.11 Å². The van der Waals surface area contributed by atoms with Gasteiger partial charge in [-0.05, 0) is 6.07 Å². The first-order chi connectivity index (χ1) is 7.99. The Kier molecular flexibility index (Phi) is 3.93. The van der Waals surface area contributed by atoms with Crippen LogP contribution >= 0.6 is 0 Å². The van der Waals surface area contributed by atoms with Gasteiger partial charge in [-0.2, -0.15) is 14.0 Å². The maximum atomic E-state index is 13.2. The Bertz CT molecular complexity index is 482. The van der Waals surface area contributed by atoms with Crippen LogP contribution in [0, 0.1) is 17.1 Å². The third-order valence-electron chi connectivity index (χ3n) is 1.81. The van der Waals surface area contributed by atoms with Crippen LogP contribution in [-0.4, -0.2) is 19.7 Å². The molecule has 0 fully saturated rings. The summed E-state index contributed by atoms with van der Waals surface area (Å²) >= 11 is 0. The maximum absolute atomic E-state index is 13.2. The summed E-state index contributed by atoms with van der Waals surface area (Å²) in [4.78, 5) is 11.2. The molecule has 0 saturated carbocycles. The second-order valence-electron chi connectivity index (χ2n) is 2.81. The smallest absolute Gasteiger partial charge is 0.387 e. The van der Waals surface area contributed by atoms with Crippen molar-refractivity contribution in [1.82, 2.24) is 0 Å². The average molecular weight is 245 g/mol. The molecule has 0 aliphatic rings. The number of nitriles is 1. The molecule has 90 valence electrons. The lowest BCUT2D eigenvalue weighted by Crippen LogP contribution is -2.10. The number of carbonyl (C=O) groups is 1. The van der Waals surface area contributed by atoms with Crippen molar-refractivity contribution in [3.63, 3.8) is 0 Å². The number of ether oxygens (including phenoxy) is 2. The monoisotopic (exact) mass is 245 g/mol. The molecule has 0 heterocycles. The van der Waals surface area contributed by atoms with E-state index in [1.54, 1.807) is 0 Å². The number of benzene rings is 1. The summed E-state index contributed by atoms with van der Waals surface area (Å²) < 4.78 is 45.6. The van der Waals surface area contributed by atoms with E-state index in [1.807, 2.05) is 0 Å². The number of hydrogen-bond acceptors (Lipinski definition) is 4. The number of methoxy groups -OCH3 is 1. The lowest BCUT2D eigenvalue weighted by Gasteiger charge is -2.09. The Labute approximate surface area is 94.2 Å². The normalized spacial score (nSPS) is 9.88. The Hall–Kier alpha value is -2.23. The van der Waals surface area contributed by atoms with Gasteiger partial charge in [0.1, 0.15) is 23.2 Å². The summed E-state index contributed by atoms with van der Waals surface area (Å²) in [5, 5.41) is 8.51. The van der Waals surface area contributed by atoms with Crippen LogP contribution in [0.3, 0.4) is 0 Å². The van der Waals surface area contributed by atoms with E-state index < -0.39 is 35.3 Å². The number of carbonyl (C=O) groups excluding carboxylic acids is 1. The summed E-state index contributed by atoms with van der Waals surface area (Å²) in [6.45, 7) is -3.20. The zero-order valence-electron chi connectivity index (χ0n) is 8.54. The number of halogens is 3. The van der Waals surface area contributed by atoms with Crippen LogP contribution in [0.25, 0.3) is 0 Å². The SMILES string of the molecule is COC(=O)c1cc(F)c(C#N)cc1OC(F)F. The first-order valence-corrected chi connectivity index (χ1v) is 4.26. The van der Waals surface area contributed by atoms with Gasteiger partial charge < -0.3 is 9.47 Å².